The maximum atomic E-state index is 12.5. The van der Waals surface area contributed by atoms with E-state index in [1.165, 1.54) is 22.3 Å². The lowest BCUT2D eigenvalue weighted by molar-refractivity contribution is -0.247. The molecule has 31 heavy (non-hydrogen) atoms. The van der Waals surface area contributed by atoms with Crippen LogP contribution in [0.25, 0.3) is 0 Å². The molecule has 0 amide bonds. The second kappa shape index (κ2) is 6.68. The maximum Gasteiger partial charge on any atom is 0.219 e. The van der Waals surface area contributed by atoms with E-state index in [4.69, 9.17) is 9.16 Å². The number of hydrogen-bond donors (Lipinski definition) is 1. The van der Waals surface area contributed by atoms with E-state index < -0.39 is 19.7 Å². The molecule has 4 rings (SSSR count). The van der Waals surface area contributed by atoms with Gasteiger partial charge >= 0.3 is 0 Å². The van der Waals surface area contributed by atoms with Crippen molar-refractivity contribution in [3.8, 4) is 0 Å². The first-order valence-corrected chi connectivity index (χ1v) is 15.0. The fourth-order valence-electron chi connectivity index (χ4n) is 6.41. The highest BCUT2D eigenvalue weighted by Gasteiger charge is 2.74. The van der Waals surface area contributed by atoms with Gasteiger partial charge in [-0.05, 0) is 68.3 Å². The Hall–Kier alpha value is -0.683. The Morgan fingerprint density at radius 3 is 2.23 bits per heavy atom. The van der Waals surface area contributed by atoms with E-state index in [1.54, 1.807) is 0 Å². The van der Waals surface area contributed by atoms with Crippen molar-refractivity contribution in [1.29, 1.82) is 0 Å². The molecule has 0 unspecified atom stereocenters. The second-order valence-corrected chi connectivity index (χ2v) is 18.2. The Labute approximate surface area is 191 Å². The number of allylic oxidation sites excluding steroid dienone is 3. The minimum Gasteiger partial charge on any atom is -0.405 e. The Kier molecular flexibility index (Phi) is 5.06. The summed E-state index contributed by atoms with van der Waals surface area (Å²) in [6, 6.07) is 0. The van der Waals surface area contributed by atoms with Crippen molar-refractivity contribution < 1.29 is 14.3 Å². The van der Waals surface area contributed by atoms with E-state index >= 15 is 0 Å². The van der Waals surface area contributed by atoms with Crippen molar-refractivity contribution in [3.63, 3.8) is 0 Å². The zero-order valence-corrected chi connectivity index (χ0v) is 22.7. The van der Waals surface area contributed by atoms with Gasteiger partial charge in [-0.15, -0.1) is 0 Å². The molecule has 1 fully saturated rings. The molecule has 0 saturated carbocycles. The summed E-state index contributed by atoms with van der Waals surface area (Å²) in [5, 5.41) is 12.6. The molecule has 2 heterocycles. The first-order valence-electron chi connectivity index (χ1n) is 12.1. The molecular weight excluding hydrogens is 400 g/mol. The van der Waals surface area contributed by atoms with Gasteiger partial charge in [-0.1, -0.05) is 64.3 Å². The highest BCUT2D eigenvalue weighted by atomic mass is 28.4. The van der Waals surface area contributed by atoms with Crippen LogP contribution in [0.15, 0.2) is 33.9 Å². The van der Waals surface area contributed by atoms with Crippen molar-refractivity contribution in [1.82, 2.24) is 0 Å². The van der Waals surface area contributed by atoms with Crippen molar-refractivity contribution in [2.24, 2.45) is 17.3 Å². The molecule has 0 aromatic heterocycles. The quantitative estimate of drug-likeness (QED) is 0.372. The van der Waals surface area contributed by atoms with Gasteiger partial charge in [-0.25, -0.2) is 0 Å². The zero-order valence-electron chi connectivity index (χ0n) is 21.7. The number of rotatable bonds is 2. The highest BCUT2D eigenvalue weighted by molar-refractivity contribution is 6.74. The lowest BCUT2D eigenvalue weighted by Gasteiger charge is -2.53. The molecule has 0 aromatic rings. The van der Waals surface area contributed by atoms with Gasteiger partial charge in [0.15, 0.2) is 8.32 Å². The Balaban J connectivity index is 1.95. The molecule has 174 valence electrons. The van der Waals surface area contributed by atoms with E-state index in [9.17, 15) is 5.11 Å². The third-order valence-electron chi connectivity index (χ3n) is 9.11. The normalized spacial score (nSPS) is 38.5. The lowest BCUT2D eigenvalue weighted by atomic mass is 9.65. The summed E-state index contributed by atoms with van der Waals surface area (Å²) in [7, 11) is -2.18. The fraction of sp³-hybridized carbons (Fsp3) is 0.778. The molecule has 5 atom stereocenters. The van der Waals surface area contributed by atoms with Crippen LogP contribution in [0.3, 0.4) is 0 Å². The van der Waals surface area contributed by atoms with E-state index in [-0.39, 0.29) is 28.4 Å². The van der Waals surface area contributed by atoms with Crippen LogP contribution < -0.4 is 0 Å². The summed E-state index contributed by atoms with van der Waals surface area (Å²) >= 11 is 0. The number of fused-ring (bicyclic) bond motifs is 6. The summed E-state index contributed by atoms with van der Waals surface area (Å²) in [6.45, 7) is 25.1. The predicted octanol–water partition coefficient (Wildman–Crippen LogP) is 6.90. The summed E-state index contributed by atoms with van der Waals surface area (Å²) in [6.07, 6.45) is 4.82. The van der Waals surface area contributed by atoms with Crippen molar-refractivity contribution in [2.75, 3.05) is 0 Å². The number of aliphatic hydroxyl groups is 1. The van der Waals surface area contributed by atoms with Crippen LogP contribution in [0, 0.1) is 17.3 Å². The molecule has 2 aliphatic heterocycles. The average Bonchev–Trinajstić information content (AvgIpc) is 3.04. The molecule has 2 bridgehead atoms. The average molecular weight is 445 g/mol. The molecule has 3 nitrogen and oxygen atoms in total. The van der Waals surface area contributed by atoms with Crippen LogP contribution in [0.2, 0.25) is 18.1 Å². The van der Waals surface area contributed by atoms with Gasteiger partial charge in [-0.3, -0.25) is 0 Å². The summed E-state index contributed by atoms with van der Waals surface area (Å²) in [4.78, 5) is 0. The van der Waals surface area contributed by atoms with Gasteiger partial charge in [0.1, 0.15) is 5.60 Å². The van der Waals surface area contributed by atoms with Crippen LogP contribution in [-0.2, 0) is 9.16 Å². The molecule has 0 spiro atoms. The van der Waals surface area contributed by atoms with Crippen LogP contribution >= 0.6 is 0 Å². The molecule has 0 aromatic carbocycles. The zero-order chi connectivity index (χ0) is 23.4. The van der Waals surface area contributed by atoms with E-state index in [2.05, 4.69) is 81.5 Å². The highest BCUT2D eigenvalue weighted by Crippen LogP contribution is 2.66. The van der Waals surface area contributed by atoms with E-state index in [0.29, 0.717) is 0 Å². The van der Waals surface area contributed by atoms with Crippen molar-refractivity contribution in [3.05, 3.63) is 33.9 Å². The summed E-state index contributed by atoms with van der Waals surface area (Å²) in [5.41, 5.74) is 5.87. The lowest BCUT2D eigenvalue weighted by Crippen LogP contribution is -2.63. The second-order valence-electron chi connectivity index (χ2n) is 13.5. The third-order valence-corrected chi connectivity index (χ3v) is 13.6. The molecule has 1 saturated heterocycles. The van der Waals surface area contributed by atoms with Crippen LogP contribution in [0.1, 0.15) is 81.6 Å². The third kappa shape index (κ3) is 3.15. The molecule has 4 aliphatic rings. The van der Waals surface area contributed by atoms with Gasteiger partial charge in [0.2, 0.25) is 5.79 Å². The monoisotopic (exact) mass is 444 g/mol. The van der Waals surface area contributed by atoms with Crippen LogP contribution in [0.5, 0.6) is 0 Å². The van der Waals surface area contributed by atoms with Crippen LogP contribution in [0.4, 0.5) is 0 Å². The summed E-state index contributed by atoms with van der Waals surface area (Å²) < 4.78 is 14.2. The molecule has 0 radical (unpaired) electrons. The molecule has 2 aliphatic carbocycles. The largest absolute Gasteiger partial charge is 0.405 e. The minimum absolute atomic E-state index is 0.0290. The fourth-order valence-corrected chi connectivity index (χ4v) is 7.98. The molecule has 1 N–H and O–H groups in total. The van der Waals surface area contributed by atoms with Crippen molar-refractivity contribution >= 4 is 8.32 Å². The Bertz CT molecular complexity index is 894. The Morgan fingerprint density at radius 2 is 1.68 bits per heavy atom. The number of ether oxygens (including phenoxy) is 1. The van der Waals surface area contributed by atoms with E-state index in [1.807, 2.05) is 0 Å². The first kappa shape index (κ1) is 23.5. The smallest absolute Gasteiger partial charge is 0.219 e. The van der Waals surface area contributed by atoms with Crippen LogP contribution in [-0.4, -0.2) is 30.9 Å². The maximum absolute atomic E-state index is 12.5. The van der Waals surface area contributed by atoms with Gasteiger partial charge in [-0.2, -0.15) is 0 Å². The van der Waals surface area contributed by atoms with E-state index in [0.717, 1.165) is 24.8 Å². The van der Waals surface area contributed by atoms with Gasteiger partial charge < -0.3 is 14.3 Å². The summed E-state index contributed by atoms with van der Waals surface area (Å²) in [5.74, 6) is -0.911. The van der Waals surface area contributed by atoms with Gasteiger partial charge in [0.25, 0.3) is 0 Å². The Morgan fingerprint density at radius 1 is 1.06 bits per heavy atom. The molecular formula is C27H44O3Si. The number of hydrogen-bond acceptors (Lipinski definition) is 3. The topological polar surface area (TPSA) is 38.7 Å². The predicted molar refractivity (Wildman–Crippen MR) is 130 cm³/mol. The molecule has 4 heteroatoms. The van der Waals surface area contributed by atoms with Gasteiger partial charge in [0, 0.05) is 18.3 Å². The SMILES string of the molecule is CC1=CC2=C(C1)[C@@]1(O)O[C@@H]([C@H]2C(C)(C)C)[C@@H]2CC(C)=C(C)C[C@@]21O[Si](C)(C)C(C)(C)C. The van der Waals surface area contributed by atoms with Gasteiger partial charge in [0.05, 0.1) is 6.10 Å². The first-order chi connectivity index (χ1) is 13.9. The standard InChI is InChI=1S/C27H44O3Si/c1-16-12-19-20(13-16)27(28)26(30-31(10,11)25(7,8)9)15-18(3)17(2)14-21(26)23(29-27)22(19)24(4,5)6/h12,21-23,28H,13-15H2,1-11H3/t21-,22-,23+,26+,27+/m0/s1. The van der Waals surface area contributed by atoms with Crippen molar-refractivity contribution in [2.45, 2.75) is 117 Å². The minimum atomic E-state index is -2.18.